The van der Waals surface area contributed by atoms with E-state index >= 15 is 0 Å². The molecule has 0 bridgehead atoms. The lowest BCUT2D eigenvalue weighted by Crippen LogP contribution is -2.02. The van der Waals surface area contributed by atoms with E-state index in [1.165, 1.54) is 66.2 Å². The molecule has 8 rings (SSSR count). The molecule has 284 valence electrons. The van der Waals surface area contributed by atoms with Crippen LogP contribution in [0, 0.1) is 12.3 Å². The van der Waals surface area contributed by atoms with E-state index in [1.807, 2.05) is 49.4 Å². The highest BCUT2D eigenvalue weighted by atomic mass is 32.1. The van der Waals surface area contributed by atoms with Gasteiger partial charge in [0.15, 0.2) is 0 Å². The van der Waals surface area contributed by atoms with Crippen LogP contribution < -0.4 is 5.73 Å². The van der Waals surface area contributed by atoms with E-state index in [9.17, 15) is 0 Å². The maximum Gasteiger partial charge on any atom is 0.0664 e. The predicted octanol–water partition coefficient (Wildman–Crippen LogP) is 14.1. The quantitative estimate of drug-likeness (QED) is 0.149. The third-order valence-electron chi connectivity index (χ3n) is 9.39. The van der Waals surface area contributed by atoms with E-state index in [0.29, 0.717) is 0 Å². The number of benzene rings is 6. The first-order valence-electron chi connectivity index (χ1n) is 19.3. The maximum absolute atomic E-state index is 5.50. The summed E-state index contributed by atoms with van der Waals surface area (Å²) in [6, 6.07) is 55.9. The van der Waals surface area contributed by atoms with Gasteiger partial charge in [0.1, 0.15) is 0 Å². The first-order chi connectivity index (χ1) is 27.7. The number of fused-ring (bicyclic) bond motifs is 3. The molecule has 0 amide bonds. The van der Waals surface area contributed by atoms with Gasteiger partial charge in [-0.05, 0) is 104 Å². The Morgan fingerprint density at radius 1 is 0.714 bits per heavy atom. The lowest BCUT2D eigenvalue weighted by Gasteiger charge is -2.20. The van der Waals surface area contributed by atoms with Crippen molar-refractivity contribution in [1.29, 1.82) is 5.41 Å². The monoisotopic (exact) mass is 753 g/mol. The van der Waals surface area contributed by atoms with Gasteiger partial charge in [-0.15, -0.1) is 11.3 Å². The van der Waals surface area contributed by atoms with Crippen LogP contribution in [0.4, 0.5) is 0 Å². The zero-order valence-electron chi connectivity index (χ0n) is 33.3. The van der Waals surface area contributed by atoms with Gasteiger partial charge in [-0.3, -0.25) is 4.99 Å². The standard InChI is InChI=1S/C41H33NS.C7H8.C2H6.CH5N.CH3N/c1-42-39(33-17-9-4-10-18-33)28-36(32-15-7-3-8-16-32)38-27-34(26-37-35-19-11-12-20-40(35)43-41(37)38)31-23-21-30(22-24-31)25-29-13-5-2-6-14-29;1-7-5-3-2-4-6-7;3*1-2/h2-21,23,26-28,36H,1,22,24-25H2;2-6H,1H3;1-2H3;2H2,1H3;2H,1H2/b39-28-;;;;. The van der Waals surface area contributed by atoms with Crippen molar-refractivity contribution in [2.45, 2.75) is 46.0 Å². The van der Waals surface area contributed by atoms with Gasteiger partial charge in [0.05, 0.1) is 5.70 Å². The van der Waals surface area contributed by atoms with Crippen LogP contribution in [0.25, 0.3) is 31.4 Å². The minimum Gasteiger partial charge on any atom is -0.333 e. The SMILES string of the molecule is C=N.C=N/C(=C\C(c1ccccc1)c1cc(C2=CC=C(Cc3ccccc3)CC2)cc2c1sc1ccccc12)c1ccccc1.CC.CN.Cc1ccccc1. The van der Waals surface area contributed by atoms with Gasteiger partial charge in [0, 0.05) is 26.1 Å². The topological polar surface area (TPSA) is 62.2 Å². The summed E-state index contributed by atoms with van der Waals surface area (Å²) in [6.07, 6.45) is 10.1. The number of aryl methyl sites for hydroxylation is 1. The molecule has 3 N–H and O–H groups in total. The molecule has 0 aliphatic heterocycles. The molecule has 4 heteroatoms. The molecule has 0 spiro atoms. The van der Waals surface area contributed by atoms with Crippen LogP contribution in [-0.4, -0.2) is 20.5 Å². The average Bonchev–Trinajstić information content (AvgIpc) is 3.67. The minimum atomic E-state index is 0.0193. The summed E-state index contributed by atoms with van der Waals surface area (Å²) in [5.41, 5.74) is 15.9. The molecule has 0 fully saturated rings. The summed E-state index contributed by atoms with van der Waals surface area (Å²) in [4.78, 5) is 4.52. The second-order valence-corrected chi connectivity index (χ2v) is 13.9. The Balaban J connectivity index is 0.000000468. The highest BCUT2D eigenvalue weighted by molar-refractivity contribution is 7.26. The molecule has 6 aromatic carbocycles. The molecule has 56 heavy (non-hydrogen) atoms. The van der Waals surface area contributed by atoms with Crippen LogP contribution in [0.2, 0.25) is 0 Å². The Bertz CT molecular complexity index is 2320. The van der Waals surface area contributed by atoms with Gasteiger partial charge in [-0.1, -0.05) is 177 Å². The molecular formula is C52H55N3S. The first-order valence-corrected chi connectivity index (χ1v) is 20.1. The van der Waals surface area contributed by atoms with Crippen molar-refractivity contribution in [3.8, 4) is 0 Å². The molecule has 0 saturated heterocycles. The normalized spacial score (nSPS) is 12.4. The number of allylic oxidation sites excluding steroid dienone is 5. The summed E-state index contributed by atoms with van der Waals surface area (Å²) in [6.45, 7) is 12.6. The largest absolute Gasteiger partial charge is 0.333 e. The number of hydrogen-bond acceptors (Lipinski definition) is 4. The highest BCUT2D eigenvalue weighted by Gasteiger charge is 2.21. The van der Waals surface area contributed by atoms with Crippen LogP contribution in [0.5, 0.6) is 0 Å². The third kappa shape index (κ3) is 11.3. The van der Waals surface area contributed by atoms with Gasteiger partial charge in [-0.2, -0.15) is 0 Å². The smallest absolute Gasteiger partial charge is 0.0664 e. The van der Waals surface area contributed by atoms with E-state index in [0.717, 1.165) is 30.5 Å². The van der Waals surface area contributed by atoms with Gasteiger partial charge in [0.25, 0.3) is 0 Å². The zero-order valence-corrected chi connectivity index (χ0v) is 34.1. The number of aliphatic imine (C=N–C) groups is 1. The fourth-order valence-corrected chi connectivity index (χ4v) is 8.00. The number of hydrogen-bond donors (Lipinski definition) is 2. The maximum atomic E-state index is 5.50. The molecule has 3 nitrogen and oxygen atoms in total. The van der Waals surface area contributed by atoms with E-state index in [1.54, 1.807) is 0 Å². The van der Waals surface area contributed by atoms with Gasteiger partial charge in [0.2, 0.25) is 0 Å². The van der Waals surface area contributed by atoms with Crippen molar-refractivity contribution in [3.05, 3.63) is 215 Å². The molecule has 0 saturated carbocycles. The van der Waals surface area contributed by atoms with Crippen molar-refractivity contribution in [1.82, 2.24) is 0 Å². The van der Waals surface area contributed by atoms with Gasteiger partial charge >= 0.3 is 0 Å². The van der Waals surface area contributed by atoms with Gasteiger partial charge in [-0.25, -0.2) is 0 Å². The van der Waals surface area contributed by atoms with Crippen LogP contribution in [0.3, 0.4) is 0 Å². The number of thiophene rings is 1. The van der Waals surface area contributed by atoms with Crippen molar-refractivity contribution < 1.29 is 0 Å². The number of nitrogens with two attached hydrogens (primary N) is 1. The van der Waals surface area contributed by atoms with Crippen molar-refractivity contribution >= 4 is 56.2 Å². The Kier molecular flexibility index (Phi) is 17.6. The molecular weight excluding hydrogens is 699 g/mol. The minimum absolute atomic E-state index is 0.0193. The molecule has 1 atom stereocenters. The van der Waals surface area contributed by atoms with Crippen molar-refractivity contribution in [2.75, 3.05) is 7.05 Å². The Hall–Kier alpha value is -5.94. The highest BCUT2D eigenvalue weighted by Crippen LogP contribution is 2.44. The summed E-state index contributed by atoms with van der Waals surface area (Å²) in [7, 11) is 1.50. The second kappa shape index (κ2) is 23.1. The van der Waals surface area contributed by atoms with Crippen LogP contribution in [0.15, 0.2) is 187 Å². The summed E-state index contributed by atoms with van der Waals surface area (Å²) >= 11 is 1.89. The molecule has 0 radical (unpaired) electrons. The summed E-state index contributed by atoms with van der Waals surface area (Å²) < 4.78 is 2.66. The Morgan fingerprint density at radius 2 is 1.29 bits per heavy atom. The lowest BCUT2D eigenvalue weighted by atomic mass is 9.84. The molecule has 1 unspecified atom stereocenters. The first kappa shape index (κ1) is 42.8. The van der Waals surface area contributed by atoms with Crippen molar-refractivity contribution in [3.63, 3.8) is 0 Å². The molecule has 1 heterocycles. The predicted molar refractivity (Wildman–Crippen MR) is 250 cm³/mol. The third-order valence-corrected chi connectivity index (χ3v) is 10.6. The molecule has 7 aromatic rings. The number of nitrogens with zero attached hydrogens (tertiary/aromatic N) is 1. The second-order valence-electron chi connectivity index (χ2n) is 12.8. The van der Waals surface area contributed by atoms with E-state index < -0.39 is 0 Å². The fourth-order valence-electron chi connectivity index (χ4n) is 6.76. The van der Waals surface area contributed by atoms with Crippen LogP contribution in [-0.2, 0) is 6.42 Å². The lowest BCUT2D eigenvalue weighted by molar-refractivity contribution is 0.923. The zero-order chi connectivity index (χ0) is 40.1. The van der Waals surface area contributed by atoms with Gasteiger partial charge < -0.3 is 11.1 Å². The molecule has 1 aliphatic carbocycles. The van der Waals surface area contributed by atoms with E-state index in [-0.39, 0.29) is 5.92 Å². The van der Waals surface area contributed by atoms with Crippen LogP contribution >= 0.6 is 11.3 Å². The number of rotatable bonds is 8. The van der Waals surface area contributed by atoms with E-state index in [4.69, 9.17) is 5.41 Å². The average molecular weight is 754 g/mol. The van der Waals surface area contributed by atoms with E-state index in [2.05, 4.69) is 183 Å². The van der Waals surface area contributed by atoms with Crippen LogP contribution in [0.1, 0.15) is 66.0 Å². The molecule has 1 aliphatic rings. The summed E-state index contributed by atoms with van der Waals surface area (Å²) in [5.74, 6) is 0.0193. The Labute approximate surface area is 338 Å². The molecule has 1 aromatic heterocycles. The number of nitrogens with one attached hydrogen (secondary N) is 1. The fraction of sp³-hybridized carbons (Fsp3) is 0.154. The summed E-state index contributed by atoms with van der Waals surface area (Å²) in [5, 5.41) is 8.15. The van der Waals surface area contributed by atoms with Crippen molar-refractivity contribution in [2.24, 2.45) is 10.7 Å². The Morgan fingerprint density at radius 3 is 1.86 bits per heavy atom.